The number of hydrogen-bond acceptors (Lipinski definition) is 9. The van der Waals surface area contributed by atoms with Crippen LogP contribution in [0, 0.1) is 0 Å². The number of anilines is 1. The number of nitrogens with zero attached hydrogens (tertiary/aromatic N) is 8. The van der Waals surface area contributed by atoms with Crippen LogP contribution in [-0.4, -0.2) is 75.6 Å². The van der Waals surface area contributed by atoms with Crippen LogP contribution in [0.25, 0.3) is 11.2 Å². The minimum Gasteiger partial charge on any atom is -0.399 e. The molecule has 3 aromatic heterocycles. The highest BCUT2D eigenvalue weighted by Crippen LogP contribution is 2.16. The van der Waals surface area contributed by atoms with E-state index in [0.29, 0.717) is 74.1 Å². The van der Waals surface area contributed by atoms with Crippen LogP contribution in [0.15, 0.2) is 33.9 Å². The zero-order valence-corrected chi connectivity index (χ0v) is 21.3. The molecule has 0 aliphatic carbocycles. The fraction of sp³-hybridized carbons (Fsp3) is 0.500. The van der Waals surface area contributed by atoms with E-state index in [1.807, 2.05) is 42.7 Å². The van der Waals surface area contributed by atoms with Gasteiger partial charge >= 0.3 is 5.69 Å². The van der Waals surface area contributed by atoms with Gasteiger partial charge in [-0.05, 0) is 47.5 Å². The summed E-state index contributed by atoms with van der Waals surface area (Å²) in [6.45, 7) is 7.00. The van der Waals surface area contributed by atoms with Crippen LogP contribution in [0.2, 0.25) is 0 Å². The number of nitrogen functional groups attached to an aromatic ring is 1. The molecule has 3 heterocycles. The summed E-state index contributed by atoms with van der Waals surface area (Å²) in [5.41, 5.74) is 7.52. The number of nitrogens with one attached hydrogen (secondary N) is 1. The zero-order chi connectivity index (χ0) is 26.4. The smallest absolute Gasteiger partial charge is 0.332 e. The van der Waals surface area contributed by atoms with E-state index in [-0.39, 0.29) is 24.3 Å². The van der Waals surface area contributed by atoms with Gasteiger partial charge in [0.1, 0.15) is 5.82 Å². The van der Waals surface area contributed by atoms with Gasteiger partial charge < -0.3 is 15.4 Å². The van der Waals surface area contributed by atoms with Gasteiger partial charge in [-0.25, -0.2) is 14.9 Å². The van der Waals surface area contributed by atoms with Crippen molar-refractivity contribution in [3.05, 3.63) is 62.3 Å². The predicted octanol–water partition coefficient (Wildman–Crippen LogP) is 0.0127. The van der Waals surface area contributed by atoms with Gasteiger partial charge in [-0.15, -0.1) is 5.10 Å². The van der Waals surface area contributed by atoms with Crippen LogP contribution in [0.4, 0.5) is 5.69 Å². The third-order valence-electron chi connectivity index (χ3n) is 6.46. The van der Waals surface area contributed by atoms with Crippen molar-refractivity contribution in [3.63, 3.8) is 0 Å². The van der Waals surface area contributed by atoms with E-state index in [2.05, 4.69) is 25.5 Å². The normalized spacial score (nSPS) is 11.7. The molecule has 0 atom stereocenters. The summed E-state index contributed by atoms with van der Waals surface area (Å²) in [5, 5.41) is 23.4. The van der Waals surface area contributed by atoms with Gasteiger partial charge in [0, 0.05) is 38.4 Å². The van der Waals surface area contributed by atoms with Crippen molar-refractivity contribution in [1.82, 2.24) is 44.2 Å². The Bertz CT molecular complexity index is 1420. The standard InChI is InChI=1S/C24H34N10O3/c1-3-10-34-23(36)21-22(33(24(34)37)11-9-17-5-7-18(25)8-6-17)26-20(16-19-27-29-30-28-19)32(21)13-12-31(4-2)14-15-35/h5-8,35H,3-4,9-16,25H2,1-2H3,(H,27,28,29,30). The highest BCUT2D eigenvalue weighted by molar-refractivity contribution is 5.71. The first kappa shape index (κ1) is 26.2. The fourth-order valence-electron chi connectivity index (χ4n) is 4.47. The Kier molecular flexibility index (Phi) is 8.46. The summed E-state index contributed by atoms with van der Waals surface area (Å²) in [5.74, 6) is 1.09. The first-order chi connectivity index (χ1) is 18.0. The van der Waals surface area contributed by atoms with Gasteiger partial charge in [0.15, 0.2) is 17.0 Å². The lowest BCUT2D eigenvalue weighted by Gasteiger charge is -2.20. The highest BCUT2D eigenvalue weighted by atomic mass is 16.3. The summed E-state index contributed by atoms with van der Waals surface area (Å²) in [6, 6.07) is 7.52. The number of H-pyrrole nitrogens is 1. The molecular weight excluding hydrogens is 476 g/mol. The topological polar surface area (TPSA) is 166 Å². The third kappa shape index (κ3) is 5.78. The average Bonchev–Trinajstić information content (AvgIpc) is 3.53. The number of fused-ring (bicyclic) bond motifs is 1. The molecule has 0 aliphatic heterocycles. The molecule has 4 rings (SSSR count). The molecule has 37 heavy (non-hydrogen) atoms. The van der Waals surface area contributed by atoms with Gasteiger partial charge in [-0.2, -0.15) is 0 Å². The SMILES string of the molecule is CCCn1c(=O)c2c(nc(Cc3nnn[nH]3)n2CCN(CC)CCO)n(CCc2ccc(N)cc2)c1=O. The van der Waals surface area contributed by atoms with E-state index in [1.165, 1.54) is 4.57 Å². The molecule has 0 fully saturated rings. The maximum Gasteiger partial charge on any atom is 0.332 e. The molecule has 0 radical (unpaired) electrons. The lowest BCUT2D eigenvalue weighted by molar-refractivity contribution is 0.197. The number of nitrogens with two attached hydrogens (primary N) is 1. The molecule has 0 amide bonds. The lowest BCUT2D eigenvalue weighted by Crippen LogP contribution is -2.41. The quantitative estimate of drug-likeness (QED) is 0.210. The van der Waals surface area contributed by atoms with E-state index < -0.39 is 0 Å². The average molecular weight is 511 g/mol. The number of likely N-dealkylation sites (N-methyl/N-ethyl adjacent to an activating group) is 1. The molecule has 0 bridgehead atoms. The van der Waals surface area contributed by atoms with Crippen LogP contribution in [0.5, 0.6) is 0 Å². The molecule has 13 nitrogen and oxygen atoms in total. The van der Waals surface area contributed by atoms with Crippen molar-refractivity contribution in [2.75, 3.05) is 32.0 Å². The summed E-state index contributed by atoms with van der Waals surface area (Å²) in [4.78, 5) is 34.0. The Hall–Kier alpha value is -3.84. The van der Waals surface area contributed by atoms with E-state index in [4.69, 9.17) is 10.7 Å². The van der Waals surface area contributed by atoms with Crippen LogP contribution in [-0.2, 0) is 32.5 Å². The van der Waals surface area contributed by atoms with Gasteiger partial charge in [0.25, 0.3) is 5.56 Å². The Balaban J connectivity index is 1.84. The Labute approximate surface area is 213 Å². The molecule has 4 aromatic rings. The third-order valence-corrected chi connectivity index (χ3v) is 6.46. The summed E-state index contributed by atoms with van der Waals surface area (Å²) in [7, 11) is 0. The van der Waals surface area contributed by atoms with E-state index in [9.17, 15) is 14.7 Å². The van der Waals surface area contributed by atoms with Crippen molar-refractivity contribution in [2.24, 2.45) is 0 Å². The lowest BCUT2D eigenvalue weighted by atomic mass is 10.1. The molecule has 0 spiro atoms. The molecule has 0 aliphatic rings. The van der Waals surface area contributed by atoms with Crippen molar-refractivity contribution in [2.45, 2.75) is 52.7 Å². The summed E-state index contributed by atoms with van der Waals surface area (Å²) in [6.07, 6.45) is 1.49. The minimum atomic E-state index is -0.372. The largest absolute Gasteiger partial charge is 0.399 e. The minimum absolute atomic E-state index is 0.0447. The predicted molar refractivity (Wildman–Crippen MR) is 139 cm³/mol. The van der Waals surface area contributed by atoms with Gasteiger partial charge in [-0.3, -0.25) is 18.8 Å². The van der Waals surface area contributed by atoms with Crippen molar-refractivity contribution in [3.8, 4) is 0 Å². The summed E-state index contributed by atoms with van der Waals surface area (Å²) >= 11 is 0. The van der Waals surface area contributed by atoms with Gasteiger partial charge in [-0.1, -0.05) is 26.0 Å². The number of aliphatic hydroxyl groups is 1. The number of imidazole rings is 1. The molecule has 4 N–H and O–H groups in total. The highest BCUT2D eigenvalue weighted by Gasteiger charge is 2.22. The molecule has 0 saturated carbocycles. The summed E-state index contributed by atoms with van der Waals surface area (Å²) < 4.78 is 4.76. The molecule has 198 valence electrons. The maximum absolute atomic E-state index is 13.7. The second kappa shape index (κ2) is 11.9. The van der Waals surface area contributed by atoms with Crippen molar-refractivity contribution in [1.29, 1.82) is 0 Å². The van der Waals surface area contributed by atoms with Crippen LogP contribution in [0.3, 0.4) is 0 Å². The number of aromatic nitrogens is 8. The number of rotatable bonds is 13. The van der Waals surface area contributed by atoms with E-state index >= 15 is 0 Å². The Morgan fingerprint density at radius 2 is 1.81 bits per heavy atom. The van der Waals surface area contributed by atoms with Gasteiger partial charge in [0.2, 0.25) is 0 Å². The number of aromatic amines is 1. The first-order valence-corrected chi connectivity index (χ1v) is 12.6. The second-order valence-electron chi connectivity index (χ2n) is 8.92. The Morgan fingerprint density at radius 1 is 1.03 bits per heavy atom. The fourth-order valence-corrected chi connectivity index (χ4v) is 4.47. The van der Waals surface area contributed by atoms with Crippen LogP contribution in [0.1, 0.15) is 37.5 Å². The van der Waals surface area contributed by atoms with E-state index in [0.717, 1.165) is 12.1 Å². The molecule has 0 unspecified atom stereocenters. The van der Waals surface area contributed by atoms with Crippen molar-refractivity contribution < 1.29 is 5.11 Å². The number of aryl methyl sites for hydroxylation is 2. The first-order valence-electron chi connectivity index (χ1n) is 12.6. The monoisotopic (exact) mass is 510 g/mol. The van der Waals surface area contributed by atoms with E-state index in [1.54, 1.807) is 4.57 Å². The maximum atomic E-state index is 13.7. The molecule has 0 saturated heterocycles. The zero-order valence-electron chi connectivity index (χ0n) is 21.3. The molecular formula is C24H34N10O3. The number of hydrogen-bond donors (Lipinski definition) is 3. The van der Waals surface area contributed by atoms with Gasteiger partial charge in [0.05, 0.1) is 13.0 Å². The van der Waals surface area contributed by atoms with Crippen LogP contribution >= 0.6 is 0 Å². The number of aliphatic hydroxyl groups excluding tert-OH is 1. The number of tetrazole rings is 1. The number of benzene rings is 1. The second-order valence-corrected chi connectivity index (χ2v) is 8.92. The Morgan fingerprint density at radius 3 is 2.46 bits per heavy atom. The molecule has 1 aromatic carbocycles. The van der Waals surface area contributed by atoms with Crippen LogP contribution < -0.4 is 17.0 Å². The molecule has 13 heteroatoms. The van der Waals surface area contributed by atoms with Crippen molar-refractivity contribution >= 4 is 16.9 Å².